The normalized spacial score (nSPS) is 10.2. The Bertz CT molecular complexity index is 284. The van der Waals surface area contributed by atoms with Crippen LogP contribution in [0.3, 0.4) is 0 Å². The maximum atomic E-state index is 4.23. The summed E-state index contributed by atoms with van der Waals surface area (Å²) < 4.78 is 2.17. The lowest BCUT2D eigenvalue weighted by molar-refractivity contribution is 0.674. The number of hydrogen-bond acceptors (Lipinski definition) is 1. The van der Waals surface area contributed by atoms with Crippen LogP contribution >= 0.6 is 0 Å². The molecule has 0 aliphatic carbocycles. The van der Waals surface area contributed by atoms with E-state index in [2.05, 4.69) is 30.0 Å². The van der Waals surface area contributed by atoms with Gasteiger partial charge in [-0.2, -0.15) is 0 Å². The van der Waals surface area contributed by atoms with E-state index in [1.807, 2.05) is 13.3 Å². The summed E-state index contributed by atoms with van der Waals surface area (Å²) in [6, 6.07) is 0. The van der Waals surface area contributed by atoms with E-state index < -0.39 is 0 Å². The number of allylic oxidation sites excluding steroid dienone is 1. The van der Waals surface area contributed by atoms with Gasteiger partial charge in [0, 0.05) is 12.2 Å². The van der Waals surface area contributed by atoms with Crippen molar-refractivity contribution in [1.82, 2.24) is 9.55 Å². The van der Waals surface area contributed by atoms with Crippen molar-refractivity contribution in [2.75, 3.05) is 0 Å². The molecule has 1 rings (SSSR count). The first-order chi connectivity index (χ1) is 5.61. The molecule has 0 fully saturated rings. The molecular weight excluding hydrogens is 148 g/mol. The predicted octanol–water partition coefficient (Wildman–Crippen LogP) is 2.47. The Morgan fingerprint density at radius 1 is 1.58 bits per heavy atom. The molecule has 0 atom stereocenters. The van der Waals surface area contributed by atoms with Crippen molar-refractivity contribution in [3.8, 4) is 0 Å². The van der Waals surface area contributed by atoms with Crippen LogP contribution in [0, 0.1) is 13.8 Å². The number of imidazole rings is 1. The van der Waals surface area contributed by atoms with Crippen molar-refractivity contribution in [2.45, 2.75) is 33.7 Å². The Morgan fingerprint density at radius 2 is 2.25 bits per heavy atom. The van der Waals surface area contributed by atoms with Gasteiger partial charge < -0.3 is 4.57 Å². The van der Waals surface area contributed by atoms with E-state index in [0.717, 1.165) is 18.7 Å². The zero-order chi connectivity index (χ0) is 9.14. The SMILES string of the molecule is C=C(C)CCn1cnc(C)c1C. The standard InChI is InChI=1S/C10H16N2/c1-8(2)5-6-12-7-11-9(3)10(12)4/h7H,1,5-6H2,2-4H3. The third kappa shape index (κ3) is 1.97. The average Bonchev–Trinajstić information content (AvgIpc) is 2.30. The summed E-state index contributed by atoms with van der Waals surface area (Å²) >= 11 is 0. The van der Waals surface area contributed by atoms with Crippen molar-refractivity contribution in [3.63, 3.8) is 0 Å². The van der Waals surface area contributed by atoms with Gasteiger partial charge in [-0.3, -0.25) is 0 Å². The Labute approximate surface area is 73.9 Å². The van der Waals surface area contributed by atoms with Crippen molar-refractivity contribution in [2.24, 2.45) is 0 Å². The van der Waals surface area contributed by atoms with Crippen molar-refractivity contribution in [3.05, 3.63) is 29.9 Å². The van der Waals surface area contributed by atoms with Crippen LogP contribution in [-0.4, -0.2) is 9.55 Å². The monoisotopic (exact) mass is 164 g/mol. The molecule has 0 N–H and O–H groups in total. The van der Waals surface area contributed by atoms with Gasteiger partial charge in [0.25, 0.3) is 0 Å². The first-order valence-electron chi connectivity index (χ1n) is 4.24. The van der Waals surface area contributed by atoms with E-state index >= 15 is 0 Å². The van der Waals surface area contributed by atoms with Crippen molar-refractivity contribution >= 4 is 0 Å². The van der Waals surface area contributed by atoms with Gasteiger partial charge in [-0.05, 0) is 27.2 Å². The van der Waals surface area contributed by atoms with Crippen molar-refractivity contribution < 1.29 is 0 Å². The fourth-order valence-electron chi connectivity index (χ4n) is 1.08. The van der Waals surface area contributed by atoms with Gasteiger partial charge in [0.2, 0.25) is 0 Å². The number of aromatic nitrogens is 2. The molecule has 0 aliphatic rings. The molecule has 0 bridgehead atoms. The second-order valence-electron chi connectivity index (χ2n) is 3.32. The second-order valence-corrected chi connectivity index (χ2v) is 3.32. The van der Waals surface area contributed by atoms with E-state index in [9.17, 15) is 0 Å². The van der Waals surface area contributed by atoms with E-state index in [1.54, 1.807) is 0 Å². The molecule has 0 aliphatic heterocycles. The number of nitrogens with zero attached hydrogens (tertiary/aromatic N) is 2. The summed E-state index contributed by atoms with van der Waals surface area (Å²) in [5.74, 6) is 0. The summed E-state index contributed by atoms with van der Waals surface area (Å²) in [5, 5.41) is 0. The van der Waals surface area contributed by atoms with Crippen LogP contribution in [0.2, 0.25) is 0 Å². The number of hydrogen-bond donors (Lipinski definition) is 0. The lowest BCUT2D eigenvalue weighted by Crippen LogP contribution is -1.98. The molecule has 0 amide bonds. The predicted molar refractivity (Wildman–Crippen MR) is 51.1 cm³/mol. The zero-order valence-corrected chi connectivity index (χ0v) is 8.09. The first kappa shape index (κ1) is 9.04. The third-order valence-corrected chi connectivity index (χ3v) is 2.12. The number of rotatable bonds is 3. The van der Waals surface area contributed by atoms with Crippen LogP contribution in [0.5, 0.6) is 0 Å². The molecule has 0 radical (unpaired) electrons. The van der Waals surface area contributed by atoms with E-state index in [4.69, 9.17) is 0 Å². The van der Waals surface area contributed by atoms with Gasteiger partial charge >= 0.3 is 0 Å². The molecule has 0 aromatic carbocycles. The largest absolute Gasteiger partial charge is 0.334 e. The van der Waals surface area contributed by atoms with Gasteiger partial charge in [0.05, 0.1) is 12.0 Å². The molecule has 1 aromatic heterocycles. The van der Waals surface area contributed by atoms with Gasteiger partial charge in [0.15, 0.2) is 0 Å². The highest BCUT2D eigenvalue weighted by atomic mass is 15.0. The van der Waals surface area contributed by atoms with Gasteiger partial charge in [-0.15, -0.1) is 6.58 Å². The minimum atomic E-state index is 1.00. The Morgan fingerprint density at radius 3 is 2.67 bits per heavy atom. The molecule has 2 heteroatoms. The smallest absolute Gasteiger partial charge is 0.0951 e. The fraction of sp³-hybridized carbons (Fsp3) is 0.500. The molecular formula is C10H16N2. The topological polar surface area (TPSA) is 17.8 Å². The molecule has 12 heavy (non-hydrogen) atoms. The third-order valence-electron chi connectivity index (χ3n) is 2.12. The summed E-state index contributed by atoms with van der Waals surface area (Å²) in [5.41, 5.74) is 3.61. The molecule has 0 unspecified atom stereocenters. The first-order valence-corrected chi connectivity index (χ1v) is 4.24. The summed E-state index contributed by atoms with van der Waals surface area (Å²) in [6.45, 7) is 11.1. The average molecular weight is 164 g/mol. The Kier molecular flexibility index (Phi) is 2.69. The summed E-state index contributed by atoms with van der Waals surface area (Å²) in [7, 11) is 0. The lowest BCUT2D eigenvalue weighted by atomic mass is 10.2. The molecule has 0 spiro atoms. The quantitative estimate of drug-likeness (QED) is 0.627. The van der Waals surface area contributed by atoms with Crippen molar-refractivity contribution in [1.29, 1.82) is 0 Å². The summed E-state index contributed by atoms with van der Waals surface area (Å²) in [6.07, 6.45) is 2.93. The maximum absolute atomic E-state index is 4.23. The van der Waals surface area contributed by atoms with Gasteiger partial charge in [-0.25, -0.2) is 4.98 Å². The van der Waals surface area contributed by atoms with Gasteiger partial charge in [-0.1, -0.05) is 5.57 Å². The minimum Gasteiger partial charge on any atom is -0.334 e. The highest BCUT2D eigenvalue weighted by molar-refractivity contribution is 5.08. The summed E-state index contributed by atoms with van der Waals surface area (Å²) in [4.78, 5) is 4.23. The van der Waals surface area contributed by atoms with E-state index in [0.29, 0.717) is 0 Å². The number of aryl methyl sites for hydroxylation is 2. The maximum Gasteiger partial charge on any atom is 0.0951 e. The van der Waals surface area contributed by atoms with Crippen LogP contribution in [-0.2, 0) is 6.54 Å². The van der Waals surface area contributed by atoms with Crippen LogP contribution in [0.4, 0.5) is 0 Å². The van der Waals surface area contributed by atoms with E-state index in [1.165, 1.54) is 11.3 Å². The van der Waals surface area contributed by atoms with Gasteiger partial charge in [0.1, 0.15) is 0 Å². The van der Waals surface area contributed by atoms with Crippen LogP contribution < -0.4 is 0 Å². The highest BCUT2D eigenvalue weighted by Gasteiger charge is 2.00. The molecule has 66 valence electrons. The van der Waals surface area contributed by atoms with E-state index in [-0.39, 0.29) is 0 Å². The highest BCUT2D eigenvalue weighted by Crippen LogP contribution is 2.06. The van der Waals surface area contributed by atoms with Crippen LogP contribution in [0.25, 0.3) is 0 Å². The second kappa shape index (κ2) is 3.57. The minimum absolute atomic E-state index is 1.00. The molecule has 1 aromatic rings. The Hall–Kier alpha value is -1.05. The lowest BCUT2D eigenvalue weighted by Gasteiger charge is -2.04. The molecule has 2 nitrogen and oxygen atoms in total. The molecule has 0 saturated heterocycles. The van der Waals surface area contributed by atoms with Crippen LogP contribution in [0.1, 0.15) is 24.7 Å². The molecule has 0 saturated carbocycles. The van der Waals surface area contributed by atoms with Crippen LogP contribution in [0.15, 0.2) is 18.5 Å². The molecule has 1 heterocycles. The fourth-order valence-corrected chi connectivity index (χ4v) is 1.08. The zero-order valence-electron chi connectivity index (χ0n) is 8.09. The Balaban J connectivity index is 2.63.